The van der Waals surface area contributed by atoms with E-state index in [0.717, 1.165) is 0 Å². The van der Waals surface area contributed by atoms with E-state index in [1.165, 1.54) is 12.1 Å². The normalized spacial score (nSPS) is 17.1. The van der Waals surface area contributed by atoms with Crippen LogP contribution in [0, 0.1) is 0 Å². The molecule has 4 nitrogen and oxygen atoms in total. The quantitative estimate of drug-likeness (QED) is 0.490. The zero-order valence-corrected chi connectivity index (χ0v) is 12.6. The molecule has 0 unspecified atom stereocenters. The van der Waals surface area contributed by atoms with Crippen molar-refractivity contribution in [3.8, 4) is 0 Å². The SMILES string of the molecule is O=S1(=O)N=C([O-])c2ccccc21.[Rb+]. The van der Waals surface area contributed by atoms with E-state index in [4.69, 9.17) is 0 Å². The molecule has 1 aromatic carbocycles. The minimum Gasteiger partial charge on any atom is -0.858 e. The largest absolute Gasteiger partial charge is 1.00 e. The Morgan fingerprint density at radius 1 is 1.23 bits per heavy atom. The molecule has 0 saturated carbocycles. The molecule has 0 radical (unpaired) electrons. The summed E-state index contributed by atoms with van der Waals surface area (Å²) in [5, 5.41) is 10.9. The van der Waals surface area contributed by atoms with Crippen molar-refractivity contribution in [2.45, 2.75) is 4.90 Å². The molecule has 1 aliphatic rings. The maximum Gasteiger partial charge on any atom is 1.00 e. The van der Waals surface area contributed by atoms with Crippen LogP contribution in [-0.2, 0) is 10.0 Å². The molecular formula is C7H4NO3RbS. The van der Waals surface area contributed by atoms with Gasteiger partial charge in [-0.15, -0.1) is 0 Å². The number of rotatable bonds is 0. The molecule has 0 atom stereocenters. The van der Waals surface area contributed by atoms with E-state index in [9.17, 15) is 13.5 Å². The van der Waals surface area contributed by atoms with Gasteiger partial charge in [-0.1, -0.05) is 18.2 Å². The molecule has 1 aliphatic heterocycles. The van der Waals surface area contributed by atoms with Crippen LogP contribution < -0.4 is 63.3 Å². The Morgan fingerprint density at radius 2 is 1.85 bits per heavy atom. The number of sulfonamides is 1. The van der Waals surface area contributed by atoms with Crippen LogP contribution in [0.5, 0.6) is 0 Å². The van der Waals surface area contributed by atoms with Crippen LogP contribution >= 0.6 is 0 Å². The van der Waals surface area contributed by atoms with Gasteiger partial charge in [-0.05, 0) is 6.07 Å². The van der Waals surface area contributed by atoms with Crippen molar-refractivity contribution in [3.05, 3.63) is 29.8 Å². The third-order valence-corrected chi connectivity index (χ3v) is 2.92. The van der Waals surface area contributed by atoms with Gasteiger partial charge in [-0.25, -0.2) is 0 Å². The first-order valence-electron chi connectivity index (χ1n) is 3.23. The van der Waals surface area contributed by atoms with Gasteiger partial charge in [0.25, 0.3) is 10.0 Å². The van der Waals surface area contributed by atoms with E-state index in [-0.39, 0.29) is 68.6 Å². The molecular weight excluding hydrogens is 264 g/mol. The first-order chi connectivity index (χ1) is 5.61. The van der Waals surface area contributed by atoms with Crippen molar-refractivity contribution in [2.75, 3.05) is 0 Å². The summed E-state index contributed by atoms with van der Waals surface area (Å²) >= 11 is 0. The Bertz CT molecular complexity index is 466. The van der Waals surface area contributed by atoms with Crippen LogP contribution in [-0.4, -0.2) is 14.3 Å². The summed E-state index contributed by atoms with van der Waals surface area (Å²) in [6, 6.07) is 5.99. The number of fused-ring (bicyclic) bond motifs is 1. The van der Waals surface area contributed by atoms with Gasteiger partial charge >= 0.3 is 58.2 Å². The molecule has 1 heterocycles. The predicted octanol–water partition coefficient (Wildman–Crippen LogP) is -3.50. The van der Waals surface area contributed by atoms with Gasteiger partial charge in [-0.3, -0.25) is 0 Å². The molecule has 62 valence electrons. The topological polar surface area (TPSA) is 69.6 Å². The van der Waals surface area contributed by atoms with Crippen LogP contribution in [0.15, 0.2) is 33.6 Å². The van der Waals surface area contributed by atoms with Gasteiger partial charge in [-0.2, -0.15) is 12.8 Å². The van der Waals surface area contributed by atoms with E-state index in [1.807, 2.05) is 0 Å². The van der Waals surface area contributed by atoms with Crippen LogP contribution in [0.4, 0.5) is 0 Å². The monoisotopic (exact) mass is 267 g/mol. The molecule has 1 aromatic rings. The zero-order valence-electron chi connectivity index (χ0n) is 6.89. The van der Waals surface area contributed by atoms with Gasteiger partial charge in [0.05, 0.1) is 4.90 Å². The zero-order chi connectivity index (χ0) is 8.77. The first-order valence-corrected chi connectivity index (χ1v) is 4.67. The van der Waals surface area contributed by atoms with Crippen LogP contribution in [0.25, 0.3) is 0 Å². The minimum absolute atomic E-state index is 0. The Kier molecular flexibility index (Phi) is 3.46. The van der Waals surface area contributed by atoms with Crippen LogP contribution in [0.1, 0.15) is 5.56 Å². The minimum atomic E-state index is -3.68. The molecule has 0 fully saturated rings. The molecule has 2 rings (SSSR count). The van der Waals surface area contributed by atoms with Gasteiger partial charge in [0.2, 0.25) is 0 Å². The molecule has 13 heavy (non-hydrogen) atoms. The van der Waals surface area contributed by atoms with Gasteiger partial charge in [0, 0.05) is 11.5 Å². The summed E-state index contributed by atoms with van der Waals surface area (Å²) in [5.74, 6) is -0.675. The Balaban J connectivity index is 0.000000845. The van der Waals surface area contributed by atoms with Gasteiger partial charge in [0.15, 0.2) is 0 Å². The summed E-state index contributed by atoms with van der Waals surface area (Å²) in [5.41, 5.74) is 0.164. The Labute approximate surface area is 125 Å². The number of hydrogen-bond donors (Lipinski definition) is 0. The Morgan fingerprint density at radius 3 is 2.46 bits per heavy atom. The summed E-state index contributed by atoms with van der Waals surface area (Å²) in [6.07, 6.45) is 0. The van der Waals surface area contributed by atoms with Crippen molar-refractivity contribution in [1.29, 1.82) is 0 Å². The smallest absolute Gasteiger partial charge is 0.858 e. The first kappa shape index (κ1) is 11.5. The molecule has 0 spiro atoms. The molecule has 0 N–H and O–H groups in total. The fraction of sp³-hybridized carbons (Fsp3) is 0. The average Bonchev–Trinajstić information content (AvgIpc) is 2.25. The fourth-order valence-electron chi connectivity index (χ4n) is 1.08. The summed E-state index contributed by atoms with van der Waals surface area (Å²) in [7, 11) is -3.68. The van der Waals surface area contributed by atoms with E-state index < -0.39 is 15.9 Å². The van der Waals surface area contributed by atoms with E-state index >= 15 is 0 Å². The van der Waals surface area contributed by atoms with Crippen molar-refractivity contribution in [2.24, 2.45) is 4.40 Å². The van der Waals surface area contributed by atoms with E-state index in [0.29, 0.717) is 0 Å². The average molecular weight is 268 g/mol. The van der Waals surface area contributed by atoms with Crippen LogP contribution in [0.3, 0.4) is 0 Å². The number of nitrogens with zero attached hydrogens (tertiary/aromatic N) is 1. The summed E-state index contributed by atoms with van der Waals surface area (Å²) < 4.78 is 25.2. The van der Waals surface area contributed by atoms with Gasteiger partial charge < -0.3 is 5.11 Å². The maximum atomic E-state index is 11.1. The Hall–Kier alpha value is 0.445. The standard InChI is InChI=1S/C7H5NO3S.Rb/c9-7-5-3-1-2-4-6(5)12(10,11)8-7;/h1-4H,(H,8,9);/q;+1/p-1. The predicted molar refractivity (Wildman–Crippen MR) is 40.2 cm³/mol. The van der Waals surface area contributed by atoms with Crippen molar-refractivity contribution < 1.29 is 71.7 Å². The van der Waals surface area contributed by atoms with Crippen molar-refractivity contribution in [1.82, 2.24) is 0 Å². The molecule has 0 amide bonds. The second kappa shape index (κ2) is 3.90. The van der Waals surface area contributed by atoms with Crippen molar-refractivity contribution >= 4 is 15.9 Å². The van der Waals surface area contributed by atoms with Crippen LogP contribution in [0.2, 0.25) is 0 Å². The molecule has 0 bridgehead atoms. The summed E-state index contributed by atoms with van der Waals surface area (Å²) in [4.78, 5) is 0.00926. The van der Waals surface area contributed by atoms with Gasteiger partial charge in [0.1, 0.15) is 0 Å². The fourth-order valence-corrected chi connectivity index (χ4v) is 2.17. The third kappa shape index (κ3) is 1.94. The second-order valence-corrected chi connectivity index (χ2v) is 3.94. The molecule has 0 aromatic heterocycles. The number of benzene rings is 1. The molecule has 0 saturated heterocycles. The van der Waals surface area contributed by atoms with Crippen molar-refractivity contribution in [3.63, 3.8) is 0 Å². The molecule has 6 heteroatoms. The number of hydrogen-bond acceptors (Lipinski definition) is 3. The second-order valence-electron chi connectivity index (χ2n) is 2.37. The third-order valence-electron chi connectivity index (χ3n) is 1.60. The summed E-state index contributed by atoms with van der Waals surface area (Å²) in [6.45, 7) is 0. The molecule has 0 aliphatic carbocycles. The maximum absolute atomic E-state index is 11.1. The van der Waals surface area contributed by atoms with E-state index in [1.54, 1.807) is 12.1 Å². The van der Waals surface area contributed by atoms with E-state index in [2.05, 4.69) is 4.40 Å².